The second-order valence-corrected chi connectivity index (χ2v) is 3.90. The summed E-state index contributed by atoms with van der Waals surface area (Å²) < 4.78 is 0. The molecule has 1 fully saturated rings. The molecule has 2 unspecified atom stereocenters. The van der Waals surface area contributed by atoms with Crippen molar-refractivity contribution in [1.82, 2.24) is 5.32 Å². The fourth-order valence-electron chi connectivity index (χ4n) is 1.93. The second kappa shape index (κ2) is 4.55. The SMILES string of the molecule is O=C(c1ccccc1)C1CNCCC1O. The fraction of sp³-hybridized carbons (Fsp3) is 0.417. The number of hydrogen-bond acceptors (Lipinski definition) is 3. The van der Waals surface area contributed by atoms with E-state index in [-0.39, 0.29) is 11.7 Å². The number of rotatable bonds is 2. The van der Waals surface area contributed by atoms with Gasteiger partial charge in [0.25, 0.3) is 0 Å². The van der Waals surface area contributed by atoms with E-state index in [4.69, 9.17) is 0 Å². The molecule has 0 aromatic heterocycles. The van der Waals surface area contributed by atoms with Crippen LogP contribution in [0.2, 0.25) is 0 Å². The summed E-state index contributed by atoms with van der Waals surface area (Å²) in [5, 5.41) is 12.9. The highest BCUT2D eigenvalue weighted by Crippen LogP contribution is 2.17. The molecule has 80 valence electrons. The number of aliphatic hydroxyl groups is 1. The molecule has 2 N–H and O–H groups in total. The normalized spacial score (nSPS) is 26.2. The molecule has 1 aromatic rings. The molecule has 2 atom stereocenters. The molecular weight excluding hydrogens is 190 g/mol. The third-order valence-electron chi connectivity index (χ3n) is 2.84. The summed E-state index contributed by atoms with van der Waals surface area (Å²) in [4.78, 5) is 12.0. The highest BCUT2D eigenvalue weighted by molar-refractivity contribution is 5.98. The Bertz CT molecular complexity index is 337. The molecular formula is C12H15NO2. The monoisotopic (exact) mass is 205 g/mol. The van der Waals surface area contributed by atoms with Gasteiger partial charge in [-0.25, -0.2) is 0 Å². The highest BCUT2D eigenvalue weighted by atomic mass is 16.3. The average molecular weight is 205 g/mol. The fourth-order valence-corrected chi connectivity index (χ4v) is 1.93. The molecule has 1 saturated heterocycles. The molecule has 0 aliphatic carbocycles. The van der Waals surface area contributed by atoms with E-state index in [9.17, 15) is 9.90 Å². The van der Waals surface area contributed by atoms with E-state index in [1.165, 1.54) is 0 Å². The van der Waals surface area contributed by atoms with E-state index in [1.807, 2.05) is 18.2 Å². The van der Waals surface area contributed by atoms with Crippen LogP contribution < -0.4 is 5.32 Å². The van der Waals surface area contributed by atoms with Crippen LogP contribution in [0.5, 0.6) is 0 Å². The summed E-state index contributed by atoms with van der Waals surface area (Å²) >= 11 is 0. The number of carbonyl (C=O) groups excluding carboxylic acids is 1. The van der Waals surface area contributed by atoms with Gasteiger partial charge in [-0.15, -0.1) is 0 Å². The van der Waals surface area contributed by atoms with Crippen LogP contribution >= 0.6 is 0 Å². The van der Waals surface area contributed by atoms with Crippen molar-refractivity contribution in [3.63, 3.8) is 0 Å². The quantitative estimate of drug-likeness (QED) is 0.703. The Morgan fingerprint density at radius 3 is 2.73 bits per heavy atom. The van der Waals surface area contributed by atoms with Crippen molar-refractivity contribution < 1.29 is 9.90 Å². The number of ketones is 1. The maximum absolute atomic E-state index is 12.0. The van der Waals surface area contributed by atoms with Crippen molar-refractivity contribution >= 4 is 5.78 Å². The standard InChI is InChI=1S/C12H15NO2/c14-11-6-7-13-8-10(11)12(15)9-4-2-1-3-5-9/h1-5,10-11,13-14H,6-8H2. The zero-order chi connectivity index (χ0) is 10.7. The molecule has 1 aliphatic rings. The molecule has 1 heterocycles. The van der Waals surface area contributed by atoms with Gasteiger partial charge in [0, 0.05) is 12.1 Å². The molecule has 3 heteroatoms. The van der Waals surface area contributed by atoms with Gasteiger partial charge in [-0.2, -0.15) is 0 Å². The predicted molar refractivity (Wildman–Crippen MR) is 57.8 cm³/mol. The minimum Gasteiger partial charge on any atom is -0.392 e. The topological polar surface area (TPSA) is 49.3 Å². The lowest BCUT2D eigenvalue weighted by molar-refractivity contribution is 0.0573. The van der Waals surface area contributed by atoms with Gasteiger partial charge in [0.15, 0.2) is 5.78 Å². The number of aliphatic hydroxyl groups excluding tert-OH is 1. The lowest BCUT2D eigenvalue weighted by atomic mass is 9.88. The number of piperidine rings is 1. The van der Waals surface area contributed by atoms with Crippen molar-refractivity contribution in [1.29, 1.82) is 0 Å². The first-order chi connectivity index (χ1) is 7.29. The van der Waals surface area contributed by atoms with Crippen molar-refractivity contribution in [3.05, 3.63) is 35.9 Å². The molecule has 1 aromatic carbocycles. The van der Waals surface area contributed by atoms with Crippen LogP contribution in [-0.4, -0.2) is 30.1 Å². The third kappa shape index (κ3) is 2.25. The minimum absolute atomic E-state index is 0.0373. The summed E-state index contributed by atoms with van der Waals surface area (Å²) in [5.41, 5.74) is 0.685. The molecule has 0 saturated carbocycles. The Hall–Kier alpha value is -1.19. The number of Topliss-reactive ketones (excluding diaryl/α,β-unsaturated/α-hetero) is 1. The van der Waals surface area contributed by atoms with E-state index in [1.54, 1.807) is 12.1 Å². The maximum Gasteiger partial charge on any atom is 0.169 e. The van der Waals surface area contributed by atoms with Crippen LogP contribution in [0.1, 0.15) is 16.8 Å². The van der Waals surface area contributed by atoms with Crippen LogP contribution in [0.4, 0.5) is 0 Å². The highest BCUT2D eigenvalue weighted by Gasteiger charge is 2.29. The van der Waals surface area contributed by atoms with Gasteiger partial charge in [-0.3, -0.25) is 4.79 Å². The zero-order valence-electron chi connectivity index (χ0n) is 8.52. The van der Waals surface area contributed by atoms with E-state index >= 15 is 0 Å². The van der Waals surface area contributed by atoms with Crippen molar-refractivity contribution in [2.75, 3.05) is 13.1 Å². The summed E-state index contributed by atoms with van der Waals surface area (Å²) in [6, 6.07) is 9.16. The molecule has 0 bridgehead atoms. The van der Waals surface area contributed by atoms with Gasteiger partial charge < -0.3 is 10.4 Å². The van der Waals surface area contributed by atoms with Crippen molar-refractivity contribution in [3.8, 4) is 0 Å². The predicted octanol–water partition coefficient (Wildman–Crippen LogP) is 0.840. The largest absolute Gasteiger partial charge is 0.392 e. The van der Waals surface area contributed by atoms with Crippen molar-refractivity contribution in [2.24, 2.45) is 5.92 Å². The number of carbonyl (C=O) groups is 1. The first kappa shape index (κ1) is 10.3. The van der Waals surface area contributed by atoms with E-state index < -0.39 is 6.10 Å². The van der Waals surface area contributed by atoms with E-state index in [2.05, 4.69) is 5.32 Å². The van der Waals surface area contributed by atoms with Gasteiger partial charge in [-0.1, -0.05) is 30.3 Å². The lowest BCUT2D eigenvalue weighted by Gasteiger charge is -2.27. The van der Waals surface area contributed by atoms with Crippen molar-refractivity contribution in [2.45, 2.75) is 12.5 Å². The summed E-state index contributed by atoms with van der Waals surface area (Å²) in [7, 11) is 0. The maximum atomic E-state index is 12.0. The Balaban J connectivity index is 2.13. The number of benzene rings is 1. The van der Waals surface area contributed by atoms with Crippen LogP contribution in [0.25, 0.3) is 0 Å². The molecule has 0 amide bonds. The Kier molecular flexibility index (Phi) is 3.14. The number of nitrogens with one attached hydrogen (secondary N) is 1. The van der Waals surface area contributed by atoms with E-state index in [0.29, 0.717) is 18.5 Å². The van der Waals surface area contributed by atoms with Gasteiger partial charge in [0.05, 0.1) is 12.0 Å². The van der Waals surface area contributed by atoms with Crippen LogP contribution in [0.15, 0.2) is 30.3 Å². The summed E-state index contributed by atoms with van der Waals surface area (Å²) in [6.45, 7) is 1.37. The van der Waals surface area contributed by atoms with Crippen LogP contribution in [0, 0.1) is 5.92 Å². The Morgan fingerprint density at radius 1 is 1.33 bits per heavy atom. The minimum atomic E-state index is -0.501. The van der Waals surface area contributed by atoms with Gasteiger partial charge in [0.1, 0.15) is 0 Å². The first-order valence-electron chi connectivity index (χ1n) is 5.27. The van der Waals surface area contributed by atoms with E-state index in [0.717, 1.165) is 6.54 Å². The smallest absolute Gasteiger partial charge is 0.169 e. The third-order valence-corrected chi connectivity index (χ3v) is 2.84. The zero-order valence-corrected chi connectivity index (χ0v) is 8.52. The van der Waals surface area contributed by atoms with Gasteiger partial charge in [-0.05, 0) is 13.0 Å². The Morgan fingerprint density at radius 2 is 2.07 bits per heavy atom. The van der Waals surface area contributed by atoms with Crippen LogP contribution in [-0.2, 0) is 0 Å². The second-order valence-electron chi connectivity index (χ2n) is 3.90. The van der Waals surface area contributed by atoms with Crippen LogP contribution in [0.3, 0.4) is 0 Å². The van der Waals surface area contributed by atoms with Gasteiger partial charge >= 0.3 is 0 Å². The van der Waals surface area contributed by atoms with Gasteiger partial charge in [0.2, 0.25) is 0 Å². The Labute approximate surface area is 89.1 Å². The molecule has 3 nitrogen and oxygen atoms in total. The summed E-state index contributed by atoms with van der Waals surface area (Å²) in [5.74, 6) is -0.253. The first-order valence-corrected chi connectivity index (χ1v) is 5.27. The lowest BCUT2D eigenvalue weighted by Crippen LogP contribution is -2.43. The molecule has 1 aliphatic heterocycles. The molecule has 0 radical (unpaired) electrons. The number of hydrogen-bond donors (Lipinski definition) is 2. The average Bonchev–Trinajstić information content (AvgIpc) is 2.30. The molecule has 0 spiro atoms. The summed E-state index contributed by atoms with van der Waals surface area (Å²) in [6.07, 6.45) is 0.155. The molecule has 15 heavy (non-hydrogen) atoms. The molecule has 2 rings (SSSR count).